The van der Waals surface area contributed by atoms with Crippen LogP contribution in [0.25, 0.3) is 0 Å². The minimum atomic E-state index is 0. The number of nitrogens with one attached hydrogen (secondary N) is 1. The second-order valence-corrected chi connectivity index (χ2v) is 1.84. The third-order valence-corrected chi connectivity index (χ3v) is 0.904. The number of carbonyl (C=O) groups excluding carboxylic acids is 1. The Hall–Kier alpha value is -0.240. The Labute approximate surface area is 62.4 Å². The van der Waals surface area contributed by atoms with Gasteiger partial charge in [0.1, 0.15) is 0 Å². The van der Waals surface area contributed by atoms with Gasteiger partial charge in [-0.15, -0.1) is 12.4 Å². The molecule has 0 aliphatic rings. The molecule has 0 bridgehead atoms. The summed E-state index contributed by atoms with van der Waals surface area (Å²) in [7, 11) is 0. The Morgan fingerprint density at radius 2 is 2.11 bits per heavy atom. The molecule has 0 saturated heterocycles. The highest BCUT2D eigenvalue weighted by Crippen LogP contribution is 1.80. The van der Waals surface area contributed by atoms with E-state index in [2.05, 4.69) is 12.2 Å². The predicted molar refractivity (Wildman–Crippen MR) is 40.8 cm³/mol. The Kier molecular flexibility index (Phi) is 9.95. The van der Waals surface area contributed by atoms with Gasteiger partial charge in [0.25, 0.3) is 0 Å². The van der Waals surface area contributed by atoms with Crippen LogP contribution in [0.3, 0.4) is 0 Å². The van der Waals surface area contributed by atoms with Crippen molar-refractivity contribution in [2.75, 3.05) is 6.54 Å². The summed E-state index contributed by atoms with van der Waals surface area (Å²) >= 11 is 0. The van der Waals surface area contributed by atoms with Gasteiger partial charge in [-0.2, -0.15) is 0 Å². The van der Waals surface area contributed by atoms with Crippen LogP contribution in [0.5, 0.6) is 0 Å². The van der Waals surface area contributed by atoms with E-state index < -0.39 is 0 Å². The SMILES string of the molecule is CCCCNC(C)=O.Cl. The van der Waals surface area contributed by atoms with Gasteiger partial charge < -0.3 is 5.32 Å². The maximum absolute atomic E-state index is 10.2. The first kappa shape index (κ1) is 11.5. The molecule has 0 aliphatic carbocycles. The van der Waals surface area contributed by atoms with Gasteiger partial charge in [-0.05, 0) is 6.42 Å². The minimum absolute atomic E-state index is 0. The van der Waals surface area contributed by atoms with Gasteiger partial charge >= 0.3 is 0 Å². The Balaban J connectivity index is 0. The van der Waals surface area contributed by atoms with Crippen LogP contribution in [-0.4, -0.2) is 12.5 Å². The zero-order valence-electron chi connectivity index (χ0n) is 5.94. The lowest BCUT2D eigenvalue weighted by atomic mass is 10.3. The molecule has 1 amide bonds. The average molecular weight is 152 g/mol. The average Bonchev–Trinajstić information content (AvgIpc) is 1.66. The summed E-state index contributed by atoms with van der Waals surface area (Å²) in [5.41, 5.74) is 0. The molecule has 0 aromatic heterocycles. The van der Waals surface area contributed by atoms with Crippen molar-refractivity contribution in [2.24, 2.45) is 0 Å². The molecule has 0 rings (SSSR count). The van der Waals surface area contributed by atoms with E-state index in [4.69, 9.17) is 0 Å². The molecule has 0 atom stereocenters. The summed E-state index contributed by atoms with van der Waals surface area (Å²) in [6.07, 6.45) is 2.22. The lowest BCUT2D eigenvalue weighted by molar-refractivity contribution is -0.118. The predicted octanol–water partition coefficient (Wildman–Crippen LogP) is 1.34. The normalized spacial score (nSPS) is 7.78. The fourth-order valence-corrected chi connectivity index (χ4v) is 0.441. The minimum Gasteiger partial charge on any atom is -0.356 e. The van der Waals surface area contributed by atoms with E-state index in [-0.39, 0.29) is 18.3 Å². The van der Waals surface area contributed by atoms with Crippen LogP contribution in [0.4, 0.5) is 0 Å². The second-order valence-electron chi connectivity index (χ2n) is 1.84. The highest BCUT2D eigenvalue weighted by Gasteiger charge is 1.85. The molecule has 0 unspecified atom stereocenters. The zero-order chi connectivity index (χ0) is 6.41. The van der Waals surface area contributed by atoms with Crippen LogP contribution in [0.15, 0.2) is 0 Å². The van der Waals surface area contributed by atoms with Gasteiger partial charge in [0, 0.05) is 13.5 Å². The van der Waals surface area contributed by atoms with Crippen LogP contribution >= 0.6 is 12.4 Å². The molecule has 1 N–H and O–H groups in total. The molecule has 0 aromatic rings. The van der Waals surface area contributed by atoms with Gasteiger partial charge in [-0.1, -0.05) is 13.3 Å². The van der Waals surface area contributed by atoms with Gasteiger partial charge in [0.2, 0.25) is 5.91 Å². The summed E-state index contributed by atoms with van der Waals surface area (Å²) < 4.78 is 0. The first-order chi connectivity index (χ1) is 3.77. The summed E-state index contributed by atoms with van der Waals surface area (Å²) in [4.78, 5) is 10.2. The molecule has 56 valence electrons. The Morgan fingerprint density at radius 3 is 2.44 bits per heavy atom. The molecule has 3 heteroatoms. The Morgan fingerprint density at radius 1 is 1.56 bits per heavy atom. The van der Waals surface area contributed by atoms with E-state index in [0.29, 0.717) is 0 Å². The molecule has 0 fully saturated rings. The first-order valence-electron chi connectivity index (χ1n) is 3.01. The molecule has 0 aromatic carbocycles. The van der Waals surface area contributed by atoms with E-state index in [9.17, 15) is 4.79 Å². The summed E-state index contributed by atoms with van der Waals surface area (Å²) in [6.45, 7) is 4.46. The van der Waals surface area contributed by atoms with Crippen molar-refractivity contribution in [3.05, 3.63) is 0 Å². The quantitative estimate of drug-likeness (QED) is 0.607. The summed E-state index contributed by atoms with van der Waals surface area (Å²) in [6, 6.07) is 0. The largest absolute Gasteiger partial charge is 0.356 e. The van der Waals surface area contributed by atoms with Gasteiger partial charge in [-0.25, -0.2) is 0 Å². The maximum Gasteiger partial charge on any atom is 0.216 e. The van der Waals surface area contributed by atoms with Crippen molar-refractivity contribution in [2.45, 2.75) is 26.7 Å². The topological polar surface area (TPSA) is 29.1 Å². The number of rotatable bonds is 3. The van der Waals surface area contributed by atoms with E-state index in [0.717, 1.165) is 19.4 Å². The van der Waals surface area contributed by atoms with Crippen LogP contribution in [-0.2, 0) is 4.79 Å². The smallest absolute Gasteiger partial charge is 0.216 e. The van der Waals surface area contributed by atoms with Gasteiger partial charge in [-0.3, -0.25) is 4.79 Å². The monoisotopic (exact) mass is 151 g/mol. The fraction of sp³-hybridized carbons (Fsp3) is 0.833. The van der Waals surface area contributed by atoms with Crippen LogP contribution in [0.1, 0.15) is 26.7 Å². The highest BCUT2D eigenvalue weighted by molar-refractivity contribution is 5.85. The maximum atomic E-state index is 10.2. The van der Waals surface area contributed by atoms with Crippen molar-refractivity contribution in [1.82, 2.24) is 5.32 Å². The van der Waals surface area contributed by atoms with Crippen molar-refractivity contribution in [1.29, 1.82) is 0 Å². The van der Waals surface area contributed by atoms with Crippen molar-refractivity contribution >= 4 is 18.3 Å². The molecule has 0 spiro atoms. The standard InChI is InChI=1S/C6H13NO.ClH/c1-3-4-5-7-6(2)8;/h3-5H2,1-2H3,(H,7,8);1H. The second kappa shape index (κ2) is 7.76. The van der Waals surface area contributed by atoms with E-state index in [1.807, 2.05) is 0 Å². The van der Waals surface area contributed by atoms with E-state index in [1.165, 1.54) is 6.92 Å². The molecular formula is C6H14ClNO. The molecule has 0 aliphatic heterocycles. The molecule has 0 saturated carbocycles. The zero-order valence-corrected chi connectivity index (χ0v) is 6.75. The summed E-state index contributed by atoms with van der Waals surface area (Å²) in [5.74, 6) is 0.0680. The van der Waals surface area contributed by atoms with E-state index in [1.54, 1.807) is 0 Å². The van der Waals surface area contributed by atoms with Crippen molar-refractivity contribution < 1.29 is 4.79 Å². The van der Waals surface area contributed by atoms with Gasteiger partial charge in [0.15, 0.2) is 0 Å². The molecule has 9 heavy (non-hydrogen) atoms. The number of unbranched alkanes of at least 4 members (excludes halogenated alkanes) is 1. The lowest BCUT2D eigenvalue weighted by Crippen LogP contribution is -2.20. The number of halogens is 1. The van der Waals surface area contributed by atoms with Crippen LogP contribution < -0.4 is 5.32 Å². The Bertz CT molecular complexity index is 75.5. The van der Waals surface area contributed by atoms with Gasteiger partial charge in [0.05, 0.1) is 0 Å². The number of hydrogen-bond donors (Lipinski definition) is 1. The van der Waals surface area contributed by atoms with Crippen molar-refractivity contribution in [3.8, 4) is 0 Å². The number of amides is 1. The molecular weight excluding hydrogens is 138 g/mol. The highest BCUT2D eigenvalue weighted by atomic mass is 35.5. The van der Waals surface area contributed by atoms with Crippen LogP contribution in [0.2, 0.25) is 0 Å². The lowest BCUT2D eigenvalue weighted by Gasteiger charge is -1.96. The number of hydrogen-bond acceptors (Lipinski definition) is 1. The number of carbonyl (C=O) groups is 1. The molecule has 0 radical (unpaired) electrons. The fourth-order valence-electron chi connectivity index (χ4n) is 0.441. The van der Waals surface area contributed by atoms with E-state index >= 15 is 0 Å². The summed E-state index contributed by atoms with van der Waals surface area (Å²) in [5, 5.41) is 2.71. The first-order valence-corrected chi connectivity index (χ1v) is 3.01. The van der Waals surface area contributed by atoms with Crippen LogP contribution in [0, 0.1) is 0 Å². The molecule has 2 nitrogen and oxygen atoms in total. The molecule has 0 heterocycles. The third kappa shape index (κ3) is 11.4. The van der Waals surface area contributed by atoms with Crippen molar-refractivity contribution in [3.63, 3.8) is 0 Å². The third-order valence-electron chi connectivity index (χ3n) is 0.904.